The number of rotatable bonds is 4. The van der Waals surface area contributed by atoms with Crippen LogP contribution in [0.5, 0.6) is 5.88 Å². The Morgan fingerprint density at radius 2 is 1.92 bits per heavy atom. The lowest BCUT2D eigenvalue weighted by molar-refractivity contribution is -0.137. The van der Waals surface area contributed by atoms with Gasteiger partial charge in [-0.25, -0.2) is 15.0 Å². The van der Waals surface area contributed by atoms with Gasteiger partial charge in [-0.1, -0.05) is 18.3 Å². The maximum absolute atomic E-state index is 13.3. The third-order valence-corrected chi connectivity index (χ3v) is 6.60. The first-order chi connectivity index (χ1) is 17.2. The summed E-state index contributed by atoms with van der Waals surface area (Å²) in [4.78, 5) is 16.3. The topological polar surface area (TPSA) is 75.2 Å². The van der Waals surface area contributed by atoms with Crippen LogP contribution in [-0.2, 0) is 12.6 Å². The SMILES string of the molecule is Cc1nc(OC2CCN(C)CC2)ccc1Nc1ncc2c(n1)-c1ccc(C(F)(F)F)cc1NC(=S)C2. The van der Waals surface area contributed by atoms with E-state index in [0.717, 1.165) is 49.3 Å². The standard InChI is InChI=1S/C25H25F3N6OS/c1-14-19(5-6-21(30-14)35-17-7-9-34(2)10-8-17)32-24-29-13-15-11-22(36)31-20-12-16(25(26,27)28)3-4-18(20)23(15)33-24/h3-6,12-13,17H,7-11H2,1-2H3,(H,31,36)(H,29,32,33). The summed E-state index contributed by atoms with van der Waals surface area (Å²) in [5.41, 5.74) is 2.73. The minimum atomic E-state index is -4.46. The molecule has 0 bridgehead atoms. The summed E-state index contributed by atoms with van der Waals surface area (Å²) in [7, 11) is 2.10. The van der Waals surface area contributed by atoms with Crippen molar-refractivity contribution in [1.29, 1.82) is 0 Å². The number of alkyl halides is 3. The van der Waals surface area contributed by atoms with Crippen molar-refractivity contribution >= 4 is 34.5 Å². The van der Waals surface area contributed by atoms with Gasteiger partial charge in [0.25, 0.3) is 0 Å². The van der Waals surface area contributed by atoms with E-state index in [1.807, 2.05) is 19.1 Å². The fourth-order valence-corrected chi connectivity index (χ4v) is 4.62. The molecule has 0 saturated carbocycles. The van der Waals surface area contributed by atoms with E-state index in [2.05, 4.69) is 37.5 Å². The number of pyridine rings is 1. The number of halogens is 3. The molecule has 2 aliphatic heterocycles. The zero-order valence-electron chi connectivity index (χ0n) is 19.8. The molecule has 0 radical (unpaired) electrons. The first-order valence-electron chi connectivity index (χ1n) is 11.6. The molecule has 0 amide bonds. The number of ether oxygens (including phenoxy) is 1. The van der Waals surface area contributed by atoms with Crippen molar-refractivity contribution < 1.29 is 17.9 Å². The Morgan fingerprint density at radius 1 is 1.14 bits per heavy atom. The Labute approximate surface area is 212 Å². The summed E-state index contributed by atoms with van der Waals surface area (Å²) >= 11 is 5.33. The molecule has 0 atom stereocenters. The highest BCUT2D eigenvalue weighted by Crippen LogP contribution is 2.38. The van der Waals surface area contributed by atoms with Crippen LogP contribution >= 0.6 is 12.2 Å². The van der Waals surface area contributed by atoms with Gasteiger partial charge in [-0.2, -0.15) is 13.2 Å². The molecular formula is C25H25F3N6OS. The second-order valence-electron chi connectivity index (χ2n) is 9.08. The monoisotopic (exact) mass is 514 g/mol. The van der Waals surface area contributed by atoms with Crippen LogP contribution in [0.15, 0.2) is 36.5 Å². The fourth-order valence-electron chi connectivity index (χ4n) is 4.36. The molecule has 2 N–H and O–H groups in total. The Bertz CT molecular complexity index is 1310. The van der Waals surface area contributed by atoms with Gasteiger partial charge < -0.3 is 20.3 Å². The molecule has 0 unspecified atom stereocenters. The van der Waals surface area contributed by atoms with Gasteiger partial charge in [-0.3, -0.25) is 0 Å². The number of hydrogen-bond acceptors (Lipinski definition) is 7. The molecule has 2 aromatic heterocycles. The average molecular weight is 515 g/mol. The number of piperidine rings is 1. The van der Waals surface area contributed by atoms with E-state index in [9.17, 15) is 13.2 Å². The third kappa shape index (κ3) is 5.26. The van der Waals surface area contributed by atoms with Gasteiger partial charge in [-0.05, 0) is 45.0 Å². The van der Waals surface area contributed by atoms with Gasteiger partial charge in [0.15, 0.2) is 0 Å². The normalized spacial score (nSPS) is 16.5. The smallest absolute Gasteiger partial charge is 0.416 e. The minimum Gasteiger partial charge on any atom is -0.474 e. The highest BCUT2D eigenvalue weighted by atomic mass is 32.1. The van der Waals surface area contributed by atoms with Crippen molar-refractivity contribution in [1.82, 2.24) is 19.9 Å². The van der Waals surface area contributed by atoms with Gasteiger partial charge >= 0.3 is 6.18 Å². The summed E-state index contributed by atoms with van der Waals surface area (Å²) in [6, 6.07) is 7.19. The predicted octanol–water partition coefficient (Wildman–Crippen LogP) is 5.38. The van der Waals surface area contributed by atoms with E-state index in [1.165, 1.54) is 6.07 Å². The minimum absolute atomic E-state index is 0.150. The van der Waals surface area contributed by atoms with Crippen molar-refractivity contribution in [3.63, 3.8) is 0 Å². The largest absolute Gasteiger partial charge is 0.474 e. The molecule has 7 nitrogen and oxygen atoms in total. The number of thiocarbonyl (C=S) groups is 1. The van der Waals surface area contributed by atoms with E-state index in [4.69, 9.17) is 17.0 Å². The second-order valence-corrected chi connectivity index (χ2v) is 9.57. The third-order valence-electron chi connectivity index (χ3n) is 6.35. The van der Waals surface area contributed by atoms with E-state index in [0.29, 0.717) is 40.2 Å². The quantitative estimate of drug-likeness (QED) is 0.450. The van der Waals surface area contributed by atoms with Crippen LogP contribution in [0, 0.1) is 6.92 Å². The summed E-state index contributed by atoms with van der Waals surface area (Å²) in [6.45, 7) is 3.86. The molecule has 3 aromatic rings. The van der Waals surface area contributed by atoms with Gasteiger partial charge in [0.1, 0.15) is 6.10 Å². The molecule has 36 heavy (non-hydrogen) atoms. The molecule has 1 saturated heterocycles. The van der Waals surface area contributed by atoms with Crippen LogP contribution in [0.3, 0.4) is 0 Å². The first kappa shape index (κ1) is 24.4. The lowest BCUT2D eigenvalue weighted by Gasteiger charge is -2.29. The number of anilines is 3. The summed E-state index contributed by atoms with van der Waals surface area (Å²) in [5, 5.41) is 6.10. The number of benzene rings is 1. The summed E-state index contributed by atoms with van der Waals surface area (Å²) in [6.07, 6.45) is -0.414. The molecule has 188 valence electrons. The number of aryl methyl sites for hydroxylation is 1. The molecule has 5 rings (SSSR count). The summed E-state index contributed by atoms with van der Waals surface area (Å²) < 4.78 is 45.8. The van der Waals surface area contributed by atoms with E-state index >= 15 is 0 Å². The first-order valence-corrected chi connectivity index (χ1v) is 12.0. The Balaban J connectivity index is 1.39. The zero-order chi connectivity index (χ0) is 25.4. The number of fused-ring (bicyclic) bond motifs is 3. The van der Waals surface area contributed by atoms with E-state index in [-0.39, 0.29) is 11.8 Å². The van der Waals surface area contributed by atoms with Crippen LogP contribution in [0.2, 0.25) is 0 Å². The molecule has 2 aliphatic rings. The van der Waals surface area contributed by atoms with Crippen molar-refractivity contribution in [2.24, 2.45) is 0 Å². The Hall–Kier alpha value is -3.31. The van der Waals surface area contributed by atoms with Gasteiger partial charge in [-0.15, -0.1) is 0 Å². The van der Waals surface area contributed by atoms with E-state index in [1.54, 1.807) is 6.20 Å². The van der Waals surface area contributed by atoms with Crippen molar-refractivity contribution in [2.45, 2.75) is 38.5 Å². The average Bonchev–Trinajstić information content (AvgIpc) is 2.96. The predicted molar refractivity (Wildman–Crippen MR) is 136 cm³/mol. The molecule has 1 fully saturated rings. The maximum atomic E-state index is 13.3. The van der Waals surface area contributed by atoms with Gasteiger partial charge in [0.05, 0.1) is 27.6 Å². The summed E-state index contributed by atoms with van der Waals surface area (Å²) in [5.74, 6) is 0.880. The number of aromatic nitrogens is 3. The van der Waals surface area contributed by atoms with Crippen molar-refractivity contribution in [2.75, 3.05) is 30.8 Å². The van der Waals surface area contributed by atoms with Crippen LogP contribution in [-0.4, -0.2) is 51.1 Å². The van der Waals surface area contributed by atoms with Crippen LogP contribution in [0.25, 0.3) is 11.3 Å². The lowest BCUT2D eigenvalue weighted by Crippen LogP contribution is -2.35. The lowest BCUT2D eigenvalue weighted by atomic mass is 10.0. The van der Waals surface area contributed by atoms with Crippen LogP contribution in [0.4, 0.5) is 30.5 Å². The number of hydrogen-bond donors (Lipinski definition) is 2. The highest BCUT2D eigenvalue weighted by Gasteiger charge is 2.32. The van der Waals surface area contributed by atoms with Crippen LogP contribution in [0.1, 0.15) is 29.7 Å². The van der Waals surface area contributed by atoms with Crippen LogP contribution < -0.4 is 15.4 Å². The van der Waals surface area contributed by atoms with Gasteiger partial charge in [0.2, 0.25) is 11.8 Å². The number of nitrogens with zero attached hydrogens (tertiary/aromatic N) is 4. The highest BCUT2D eigenvalue weighted by molar-refractivity contribution is 7.80. The molecule has 0 spiro atoms. The second kappa shape index (κ2) is 9.62. The fraction of sp³-hybridized carbons (Fsp3) is 0.360. The number of nitrogens with one attached hydrogen (secondary N) is 2. The van der Waals surface area contributed by atoms with Crippen molar-refractivity contribution in [3.8, 4) is 17.1 Å². The molecule has 4 heterocycles. The maximum Gasteiger partial charge on any atom is 0.416 e. The van der Waals surface area contributed by atoms with Crippen molar-refractivity contribution in [3.05, 3.63) is 53.3 Å². The Kier molecular flexibility index (Phi) is 6.52. The Morgan fingerprint density at radius 3 is 2.64 bits per heavy atom. The molecule has 11 heteroatoms. The van der Waals surface area contributed by atoms with E-state index < -0.39 is 11.7 Å². The van der Waals surface area contributed by atoms with Gasteiger partial charge in [0, 0.05) is 48.6 Å². The molecule has 1 aromatic carbocycles. The molecule has 0 aliphatic carbocycles. The zero-order valence-corrected chi connectivity index (χ0v) is 20.6. The molecular weight excluding hydrogens is 489 g/mol. The number of likely N-dealkylation sites (tertiary alicyclic amines) is 1.